The summed E-state index contributed by atoms with van der Waals surface area (Å²) in [6.07, 6.45) is 3.41. The summed E-state index contributed by atoms with van der Waals surface area (Å²) in [4.78, 5) is 13.4. The Bertz CT molecular complexity index is 773. The highest BCUT2D eigenvalue weighted by atomic mass is 32.3. The van der Waals surface area contributed by atoms with Crippen molar-refractivity contribution in [2.75, 3.05) is 27.2 Å². The molecule has 2 atom stereocenters. The lowest BCUT2D eigenvalue weighted by atomic mass is 9.80. The van der Waals surface area contributed by atoms with Gasteiger partial charge in [-0.3, -0.25) is 4.55 Å². The van der Waals surface area contributed by atoms with Crippen LogP contribution in [0.2, 0.25) is 0 Å². The van der Waals surface area contributed by atoms with E-state index in [-0.39, 0.29) is 12.0 Å². The van der Waals surface area contributed by atoms with Crippen molar-refractivity contribution >= 4 is 16.4 Å². The topological polar surface area (TPSA) is 89.9 Å². The lowest BCUT2D eigenvalue weighted by Gasteiger charge is -2.36. The number of hydrogen-bond acceptors (Lipinski definition) is 5. The molecule has 1 heterocycles. The fourth-order valence-corrected chi connectivity index (χ4v) is 5.05. The van der Waals surface area contributed by atoms with Crippen molar-refractivity contribution in [2.24, 2.45) is 5.92 Å². The molecule has 0 bridgehead atoms. The normalized spacial score (nSPS) is 25.2. The first-order valence-corrected chi connectivity index (χ1v) is 10.8. The van der Waals surface area contributed by atoms with Crippen LogP contribution >= 0.6 is 0 Å². The Hall–Kier alpha value is -1.48. The van der Waals surface area contributed by atoms with Crippen molar-refractivity contribution in [3.63, 3.8) is 0 Å². The Labute approximate surface area is 160 Å². The van der Waals surface area contributed by atoms with Gasteiger partial charge in [0.05, 0.1) is 20.6 Å². The van der Waals surface area contributed by atoms with Crippen LogP contribution in [0, 0.1) is 5.92 Å². The van der Waals surface area contributed by atoms with Crippen molar-refractivity contribution in [3.8, 4) is 0 Å². The maximum Gasteiger partial charge on any atom is 0.398 e. The number of likely N-dealkylation sites (tertiary alicyclic amines) is 1. The van der Waals surface area contributed by atoms with Crippen molar-refractivity contribution in [1.82, 2.24) is 0 Å². The summed E-state index contributed by atoms with van der Waals surface area (Å²) in [5.41, 5.74) is -1.46. The molecule has 2 aliphatic rings. The molecule has 150 valence electrons. The van der Waals surface area contributed by atoms with E-state index in [0.717, 1.165) is 23.9 Å². The van der Waals surface area contributed by atoms with E-state index < -0.39 is 22.0 Å². The van der Waals surface area contributed by atoms with Crippen LogP contribution in [0.1, 0.15) is 37.7 Å². The van der Waals surface area contributed by atoms with Gasteiger partial charge in [0.1, 0.15) is 6.54 Å². The minimum atomic E-state index is -4.87. The van der Waals surface area contributed by atoms with Crippen molar-refractivity contribution in [1.29, 1.82) is 0 Å². The van der Waals surface area contributed by atoms with Gasteiger partial charge in [0, 0.05) is 12.3 Å². The molecular formula is C19H28NO6S+. The van der Waals surface area contributed by atoms with Gasteiger partial charge in [0.2, 0.25) is 5.60 Å². The number of rotatable bonds is 6. The SMILES string of the molecule is C[N+]1(C)CCC(OC(=O)C(OS(=O)(=O)O)(c2ccccc2)C2CCCC2)C1. The second-order valence-electron chi connectivity index (χ2n) is 8.25. The molecule has 1 aliphatic carbocycles. The zero-order chi connectivity index (χ0) is 19.7. The Kier molecular flexibility index (Phi) is 5.63. The van der Waals surface area contributed by atoms with Crippen LogP contribution in [-0.2, 0) is 29.7 Å². The van der Waals surface area contributed by atoms with Gasteiger partial charge >= 0.3 is 16.4 Å². The second-order valence-corrected chi connectivity index (χ2v) is 9.27. The first-order chi connectivity index (χ1) is 12.6. The van der Waals surface area contributed by atoms with Crippen LogP contribution < -0.4 is 0 Å². The number of carbonyl (C=O) groups excluding carboxylic acids is 1. The predicted octanol–water partition coefficient (Wildman–Crippen LogP) is 2.28. The number of esters is 1. The van der Waals surface area contributed by atoms with Gasteiger partial charge in [-0.15, -0.1) is 0 Å². The highest BCUT2D eigenvalue weighted by Crippen LogP contribution is 2.45. The number of benzene rings is 1. The first-order valence-electron chi connectivity index (χ1n) is 9.39. The van der Waals surface area contributed by atoms with Gasteiger partial charge in [-0.2, -0.15) is 8.42 Å². The highest BCUT2D eigenvalue weighted by Gasteiger charge is 2.55. The largest absolute Gasteiger partial charge is 0.454 e. The number of ether oxygens (including phenoxy) is 1. The monoisotopic (exact) mass is 398 g/mol. The summed E-state index contributed by atoms with van der Waals surface area (Å²) in [5.74, 6) is -1.11. The molecule has 1 aliphatic heterocycles. The standard InChI is InChI=1S/C19H27NO6S/c1-20(2)13-12-17(14-20)25-18(21)19(26-27(22,23)24,16-10-6-7-11-16)15-8-4-3-5-9-15/h3-5,8-9,16-17H,6-7,10-14H2,1-2H3/p+1. The molecular weight excluding hydrogens is 370 g/mol. The second kappa shape index (κ2) is 7.50. The van der Waals surface area contributed by atoms with Gasteiger partial charge in [0.25, 0.3) is 0 Å². The highest BCUT2D eigenvalue weighted by molar-refractivity contribution is 7.80. The number of quaternary nitrogens is 1. The molecule has 0 spiro atoms. The van der Waals surface area contributed by atoms with Gasteiger partial charge < -0.3 is 9.22 Å². The third kappa shape index (κ3) is 4.51. The lowest BCUT2D eigenvalue weighted by molar-refractivity contribution is -0.879. The van der Waals surface area contributed by atoms with Crippen molar-refractivity contribution < 1.29 is 31.2 Å². The molecule has 1 N–H and O–H groups in total. The number of likely N-dealkylation sites (N-methyl/N-ethyl adjacent to an activating group) is 1. The van der Waals surface area contributed by atoms with E-state index in [1.54, 1.807) is 30.3 Å². The van der Waals surface area contributed by atoms with Crippen molar-refractivity contribution in [3.05, 3.63) is 35.9 Å². The maximum atomic E-state index is 13.4. The molecule has 1 aromatic carbocycles. The summed E-state index contributed by atoms with van der Waals surface area (Å²) in [6, 6.07) is 8.52. The third-order valence-electron chi connectivity index (χ3n) is 5.70. The minimum absolute atomic E-state index is 0.304. The lowest BCUT2D eigenvalue weighted by Crippen LogP contribution is -2.49. The molecule has 8 heteroatoms. The fraction of sp³-hybridized carbons (Fsp3) is 0.632. The Morgan fingerprint density at radius 3 is 2.30 bits per heavy atom. The molecule has 2 unspecified atom stereocenters. The number of carbonyl (C=O) groups is 1. The van der Waals surface area contributed by atoms with E-state index in [0.29, 0.717) is 31.4 Å². The summed E-state index contributed by atoms with van der Waals surface area (Å²) in [5, 5.41) is 0. The Balaban J connectivity index is 2.00. The number of hydrogen-bond donors (Lipinski definition) is 1. The first kappa shape index (κ1) is 20.3. The van der Waals surface area contributed by atoms with E-state index in [4.69, 9.17) is 8.92 Å². The molecule has 0 radical (unpaired) electrons. The molecule has 1 saturated carbocycles. The van der Waals surface area contributed by atoms with Crippen LogP contribution in [0.5, 0.6) is 0 Å². The smallest absolute Gasteiger partial charge is 0.398 e. The molecule has 1 saturated heterocycles. The van der Waals surface area contributed by atoms with Crippen LogP contribution in [0.25, 0.3) is 0 Å². The van der Waals surface area contributed by atoms with Gasteiger partial charge in [-0.05, 0) is 18.4 Å². The fourth-order valence-electron chi connectivity index (χ4n) is 4.42. The van der Waals surface area contributed by atoms with E-state index >= 15 is 0 Å². The zero-order valence-electron chi connectivity index (χ0n) is 15.8. The molecule has 0 amide bonds. The molecule has 3 rings (SSSR count). The number of nitrogens with zero attached hydrogens (tertiary/aromatic N) is 1. The van der Waals surface area contributed by atoms with Crippen molar-refractivity contribution in [2.45, 2.75) is 43.8 Å². The zero-order valence-corrected chi connectivity index (χ0v) is 16.7. The third-order valence-corrected chi connectivity index (χ3v) is 6.17. The molecule has 2 fully saturated rings. The quantitative estimate of drug-likeness (QED) is 0.449. The average Bonchev–Trinajstić information content (AvgIpc) is 3.22. The molecule has 27 heavy (non-hydrogen) atoms. The summed E-state index contributed by atoms with van der Waals surface area (Å²) < 4.78 is 44.7. The minimum Gasteiger partial charge on any atom is -0.454 e. The van der Waals surface area contributed by atoms with Crippen LogP contribution in [-0.4, -0.2) is 56.7 Å². The van der Waals surface area contributed by atoms with Crippen LogP contribution in [0.4, 0.5) is 0 Å². The van der Waals surface area contributed by atoms with Crippen LogP contribution in [0.15, 0.2) is 30.3 Å². The van der Waals surface area contributed by atoms with Gasteiger partial charge in [0.15, 0.2) is 6.10 Å². The van der Waals surface area contributed by atoms with E-state index in [9.17, 15) is 17.8 Å². The van der Waals surface area contributed by atoms with E-state index in [2.05, 4.69) is 14.1 Å². The van der Waals surface area contributed by atoms with E-state index in [1.807, 2.05) is 0 Å². The maximum absolute atomic E-state index is 13.4. The Morgan fingerprint density at radius 2 is 1.78 bits per heavy atom. The summed E-state index contributed by atoms with van der Waals surface area (Å²) in [7, 11) is -0.755. The predicted molar refractivity (Wildman–Crippen MR) is 99.1 cm³/mol. The summed E-state index contributed by atoms with van der Waals surface area (Å²) in [6.45, 7) is 1.53. The van der Waals surface area contributed by atoms with Crippen LogP contribution in [0.3, 0.4) is 0 Å². The molecule has 1 aromatic rings. The van der Waals surface area contributed by atoms with Gasteiger partial charge in [-0.25, -0.2) is 8.98 Å². The Morgan fingerprint density at radius 1 is 1.15 bits per heavy atom. The van der Waals surface area contributed by atoms with E-state index in [1.165, 1.54) is 0 Å². The molecule has 0 aromatic heterocycles. The summed E-state index contributed by atoms with van der Waals surface area (Å²) >= 11 is 0. The average molecular weight is 399 g/mol. The molecule has 7 nitrogen and oxygen atoms in total. The van der Waals surface area contributed by atoms with Gasteiger partial charge in [-0.1, -0.05) is 43.2 Å².